The van der Waals surface area contributed by atoms with Gasteiger partial charge in [0.05, 0.1) is 0 Å². The van der Waals surface area contributed by atoms with Crippen LogP contribution < -0.4 is 0 Å². The summed E-state index contributed by atoms with van der Waals surface area (Å²) in [6.07, 6.45) is 11.9. The van der Waals surface area contributed by atoms with E-state index in [1.54, 1.807) is 0 Å². The Labute approximate surface area is 86.7 Å². The maximum absolute atomic E-state index is 10.4. The van der Waals surface area contributed by atoms with Gasteiger partial charge >= 0.3 is 5.97 Å². The average Bonchev–Trinajstić information content (AvgIpc) is 2.07. The molecule has 2 nitrogen and oxygen atoms in total. The van der Waals surface area contributed by atoms with Crippen molar-refractivity contribution in [1.29, 1.82) is 0 Å². The molecule has 0 amide bonds. The van der Waals surface area contributed by atoms with Crippen LogP contribution in [-0.2, 0) is 4.79 Å². The van der Waals surface area contributed by atoms with Gasteiger partial charge in [0.25, 0.3) is 0 Å². The van der Waals surface area contributed by atoms with Crippen LogP contribution in [0.5, 0.6) is 0 Å². The zero-order chi connectivity index (χ0) is 10.2. The van der Waals surface area contributed by atoms with Crippen LogP contribution in [0.25, 0.3) is 0 Å². The molecule has 0 aromatic carbocycles. The standard InChI is InChI=1S/C12H22O2/c13-12(14)10-6-9-11-7-4-2-1-3-5-8-11/h11H,1-10H2,(H,13,14). The Hall–Kier alpha value is -0.530. The highest BCUT2D eigenvalue weighted by Gasteiger charge is 2.11. The van der Waals surface area contributed by atoms with Crippen molar-refractivity contribution in [2.24, 2.45) is 5.92 Å². The van der Waals surface area contributed by atoms with Gasteiger partial charge in [-0.25, -0.2) is 0 Å². The Bertz CT molecular complexity index is 158. The lowest BCUT2D eigenvalue weighted by Gasteiger charge is -2.18. The highest BCUT2D eigenvalue weighted by Crippen LogP contribution is 2.26. The molecule has 0 atom stereocenters. The van der Waals surface area contributed by atoms with Crippen LogP contribution in [-0.4, -0.2) is 11.1 Å². The van der Waals surface area contributed by atoms with Crippen molar-refractivity contribution in [3.63, 3.8) is 0 Å². The lowest BCUT2D eigenvalue weighted by molar-refractivity contribution is -0.137. The quantitative estimate of drug-likeness (QED) is 0.749. The molecule has 0 aromatic heterocycles. The van der Waals surface area contributed by atoms with Crippen molar-refractivity contribution in [3.05, 3.63) is 0 Å². The Balaban J connectivity index is 2.10. The molecule has 0 saturated heterocycles. The third kappa shape index (κ3) is 5.25. The molecular formula is C12H22O2. The summed E-state index contributed by atoms with van der Waals surface area (Å²) in [6, 6.07) is 0. The first-order valence-electron chi connectivity index (χ1n) is 6.01. The largest absolute Gasteiger partial charge is 0.481 e. The van der Waals surface area contributed by atoms with E-state index in [4.69, 9.17) is 5.11 Å². The molecule has 1 aliphatic rings. The Morgan fingerprint density at radius 2 is 1.64 bits per heavy atom. The molecule has 0 unspecified atom stereocenters. The van der Waals surface area contributed by atoms with Gasteiger partial charge in [0, 0.05) is 6.42 Å². The van der Waals surface area contributed by atoms with Crippen LogP contribution in [0.2, 0.25) is 0 Å². The summed E-state index contributed by atoms with van der Waals surface area (Å²) in [7, 11) is 0. The van der Waals surface area contributed by atoms with E-state index in [0.29, 0.717) is 6.42 Å². The lowest BCUT2D eigenvalue weighted by Crippen LogP contribution is -2.05. The van der Waals surface area contributed by atoms with E-state index < -0.39 is 5.97 Å². The molecule has 14 heavy (non-hydrogen) atoms. The summed E-state index contributed by atoms with van der Waals surface area (Å²) in [5.74, 6) is 0.172. The number of rotatable bonds is 4. The van der Waals surface area contributed by atoms with Crippen molar-refractivity contribution in [3.8, 4) is 0 Å². The van der Waals surface area contributed by atoms with E-state index in [1.807, 2.05) is 0 Å². The van der Waals surface area contributed by atoms with Gasteiger partial charge in [-0.05, 0) is 18.8 Å². The van der Waals surface area contributed by atoms with Gasteiger partial charge in [0.15, 0.2) is 0 Å². The van der Waals surface area contributed by atoms with Crippen molar-refractivity contribution in [2.45, 2.75) is 64.2 Å². The summed E-state index contributed by atoms with van der Waals surface area (Å²) >= 11 is 0. The first-order valence-corrected chi connectivity index (χ1v) is 6.01. The minimum atomic E-state index is -0.643. The summed E-state index contributed by atoms with van der Waals surface area (Å²) < 4.78 is 0. The van der Waals surface area contributed by atoms with Crippen molar-refractivity contribution < 1.29 is 9.90 Å². The number of aliphatic carboxylic acids is 1. The van der Waals surface area contributed by atoms with Crippen LogP contribution in [0.15, 0.2) is 0 Å². The summed E-state index contributed by atoms with van der Waals surface area (Å²) in [6.45, 7) is 0. The van der Waals surface area contributed by atoms with Crippen LogP contribution in [0.4, 0.5) is 0 Å². The third-order valence-electron chi connectivity index (χ3n) is 3.23. The Morgan fingerprint density at radius 1 is 1.07 bits per heavy atom. The van der Waals surface area contributed by atoms with Gasteiger partial charge in [-0.3, -0.25) is 4.79 Å². The van der Waals surface area contributed by atoms with Gasteiger partial charge in [-0.2, -0.15) is 0 Å². The number of carbonyl (C=O) groups is 1. The van der Waals surface area contributed by atoms with E-state index in [9.17, 15) is 4.79 Å². The molecule has 0 heterocycles. The summed E-state index contributed by atoms with van der Waals surface area (Å²) in [5, 5.41) is 8.54. The second kappa shape index (κ2) is 6.86. The number of carboxylic acid groups (broad SMARTS) is 1. The van der Waals surface area contributed by atoms with Crippen LogP contribution in [0.1, 0.15) is 64.2 Å². The third-order valence-corrected chi connectivity index (χ3v) is 3.23. The minimum absolute atomic E-state index is 0.358. The average molecular weight is 198 g/mol. The van der Waals surface area contributed by atoms with Gasteiger partial charge < -0.3 is 5.11 Å². The number of carboxylic acids is 1. The Morgan fingerprint density at radius 3 is 2.21 bits per heavy atom. The monoisotopic (exact) mass is 198 g/mol. The predicted octanol–water partition coefficient (Wildman–Crippen LogP) is 3.60. The normalized spacial score (nSPS) is 20.0. The molecule has 1 rings (SSSR count). The van der Waals surface area contributed by atoms with Crippen LogP contribution >= 0.6 is 0 Å². The number of hydrogen-bond donors (Lipinski definition) is 1. The van der Waals surface area contributed by atoms with E-state index >= 15 is 0 Å². The van der Waals surface area contributed by atoms with Crippen LogP contribution in [0.3, 0.4) is 0 Å². The maximum Gasteiger partial charge on any atom is 0.303 e. The molecule has 1 aliphatic carbocycles. The topological polar surface area (TPSA) is 37.3 Å². The zero-order valence-corrected chi connectivity index (χ0v) is 9.00. The second-order valence-corrected chi connectivity index (χ2v) is 4.50. The highest BCUT2D eigenvalue weighted by molar-refractivity contribution is 5.66. The summed E-state index contributed by atoms with van der Waals surface area (Å²) in [5.41, 5.74) is 0. The molecule has 0 spiro atoms. The molecule has 1 fully saturated rings. The van der Waals surface area contributed by atoms with Crippen molar-refractivity contribution >= 4 is 5.97 Å². The maximum atomic E-state index is 10.4. The summed E-state index contributed by atoms with van der Waals surface area (Å²) in [4.78, 5) is 10.4. The van der Waals surface area contributed by atoms with E-state index in [2.05, 4.69) is 0 Å². The van der Waals surface area contributed by atoms with Gasteiger partial charge in [0.1, 0.15) is 0 Å². The lowest BCUT2D eigenvalue weighted by atomic mass is 9.88. The molecular weight excluding hydrogens is 176 g/mol. The predicted molar refractivity (Wildman–Crippen MR) is 57.3 cm³/mol. The molecule has 0 aromatic rings. The molecule has 2 heteroatoms. The van der Waals surface area contributed by atoms with E-state index in [0.717, 1.165) is 18.8 Å². The van der Waals surface area contributed by atoms with Crippen molar-refractivity contribution in [1.82, 2.24) is 0 Å². The zero-order valence-electron chi connectivity index (χ0n) is 9.00. The fourth-order valence-electron chi connectivity index (χ4n) is 2.37. The molecule has 0 radical (unpaired) electrons. The SMILES string of the molecule is O=C(O)CCCC1CCCCCCC1. The number of hydrogen-bond acceptors (Lipinski definition) is 1. The first-order chi connectivity index (χ1) is 6.79. The molecule has 1 N–H and O–H groups in total. The fraction of sp³-hybridized carbons (Fsp3) is 0.917. The first kappa shape index (κ1) is 11.5. The van der Waals surface area contributed by atoms with Gasteiger partial charge in [-0.15, -0.1) is 0 Å². The molecule has 1 saturated carbocycles. The van der Waals surface area contributed by atoms with Crippen molar-refractivity contribution in [2.75, 3.05) is 0 Å². The van der Waals surface area contributed by atoms with Gasteiger partial charge in [-0.1, -0.05) is 44.9 Å². The van der Waals surface area contributed by atoms with E-state index in [-0.39, 0.29) is 0 Å². The fourth-order valence-corrected chi connectivity index (χ4v) is 2.37. The van der Waals surface area contributed by atoms with E-state index in [1.165, 1.54) is 44.9 Å². The highest BCUT2D eigenvalue weighted by atomic mass is 16.4. The molecule has 82 valence electrons. The molecule has 0 aliphatic heterocycles. The smallest absolute Gasteiger partial charge is 0.303 e. The minimum Gasteiger partial charge on any atom is -0.481 e. The Kier molecular flexibility index (Phi) is 5.65. The second-order valence-electron chi connectivity index (χ2n) is 4.50. The van der Waals surface area contributed by atoms with Crippen LogP contribution in [0, 0.1) is 5.92 Å². The molecule has 0 bridgehead atoms. The van der Waals surface area contributed by atoms with Gasteiger partial charge in [0.2, 0.25) is 0 Å².